The van der Waals surface area contributed by atoms with E-state index in [4.69, 9.17) is 11.6 Å². The Morgan fingerprint density at radius 1 is 1.05 bits per heavy atom. The van der Waals surface area contributed by atoms with E-state index in [0.717, 1.165) is 0 Å². The van der Waals surface area contributed by atoms with Crippen LogP contribution in [0.25, 0.3) is 0 Å². The van der Waals surface area contributed by atoms with E-state index in [-0.39, 0.29) is 11.9 Å². The third-order valence-corrected chi connectivity index (χ3v) is 3.41. The predicted octanol–water partition coefficient (Wildman–Crippen LogP) is 1.44. The average molecular weight is 282 g/mol. The summed E-state index contributed by atoms with van der Waals surface area (Å²) in [7, 11) is 1.60. The number of carbonyl (C=O) groups excluding carboxylic acids is 2. The van der Waals surface area contributed by atoms with Crippen molar-refractivity contribution < 1.29 is 9.59 Å². The van der Waals surface area contributed by atoms with Crippen molar-refractivity contribution in [2.75, 3.05) is 33.2 Å². The topological polar surface area (TPSA) is 52.7 Å². The maximum Gasteiger partial charge on any atom is 0.317 e. The highest BCUT2D eigenvalue weighted by molar-refractivity contribution is 6.30. The molecule has 1 saturated heterocycles. The molecule has 102 valence electrons. The van der Waals surface area contributed by atoms with E-state index >= 15 is 0 Å². The van der Waals surface area contributed by atoms with Gasteiger partial charge in [0.1, 0.15) is 0 Å². The molecule has 0 spiro atoms. The highest BCUT2D eigenvalue weighted by atomic mass is 35.5. The minimum absolute atomic E-state index is 0.0202. The second-order valence-electron chi connectivity index (χ2n) is 4.34. The van der Waals surface area contributed by atoms with Gasteiger partial charge in [-0.3, -0.25) is 4.79 Å². The molecule has 5 nitrogen and oxygen atoms in total. The largest absolute Gasteiger partial charge is 0.341 e. The van der Waals surface area contributed by atoms with Gasteiger partial charge in [0.05, 0.1) is 0 Å². The molecule has 1 aliphatic heterocycles. The fourth-order valence-electron chi connectivity index (χ4n) is 2.05. The van der Waals surface area contributed by atoms with E-state index in [1.54, 1.807) is 41.1 Å². The molecule has 1 aromatic rings. The number of hydrogen-bond acceptors (Lipinski definition) is 2. The zero-order chi connectivity index (χ0) is 13.8. The maximum absolute atomic E-state index is 12.2. The number of carbonyl (C=O) groups is 2. The van der Waals surface area contributed by atoms with E-state index in [2.05, 4.69) is 5.32 Å². The van der Waals surface area contributed by atoms with Gasteiger partial charge in [0.15, 0.2) is 0 Å². The van der Waals surface area contributed by atoms with Crippen molar-refractivity contribution in [1.29, 1.82) is 0 Å². The fraction of sp³-hybridized carbons (Fsp3) is 0.385. The van der Waals surface area contributed by atoms with Crippen LogP contribution in [-0.2, 0) is 0 Å². The van der Waals surface area contributed by atoms with Gasteiger partial charge in [-0.2, -0.15) is 0 Å². The lowest BCUT2D eigenvalue weighted by molar-refractivity contribution is 0.0666. The van der Waals surface area contributed by atoms with Crippen LogP contribution >= 0.6 is 11.6 Å². The number of piperazine rings is 1. The van der Waals surface area contributed by atoms with E-state index in [1.165, 1.54) is 0 Å². The number of halogens is 1. The SMILES string of the molecule is CNC(=O)N1CCN(C(=O)c2ccc(Cl)cc2)CC1. The molecule has 0 saturated carbocycles. The van der Waals surface area contributed by atoms with E-state index in [1.807, 2.05) is 0 Å². The molecule has 0 unspecified atom stereocenters. The summed E-state index contributed by atoms with van der Waals surface area (Å²) in [6.07, 6.45) is 0. The molecule has 1 N–H and O–H groups in total. The Bertz CT molecular complexity index is 467. The van der Waals surface area contributed by atoms with Crippen LogP contribution in [0.4, 0.5) is 4.79 Å². The first-order valence-electron chi connectivity index (χ1n) is 6.13. The van der Waals surface area contributed by atoms with Crippen LogP contribution in [0.15, 0.2) is 24.3 Å². The summed E-state index contributed by atoms with van der Waals surface area (Å²) >= 11 is 5.80. The summed E-state index contributed by atoms with van der Waals surface area (Å²) in [5, 5.41) is 3.20. The van der Waals surface area contributed by atoms with Crippen molar-refractivity contribution in [3.63, 3.8) is 0 Å². The summed E-state index contributed by atoms with van der Waals surface area (Å²) in [5.41, 5.74) is 0.623. The van der Waals surface area contributed by atoms with E-state index in [0.29, 0.717) is 36.8 Å². The maximum atomic E-state index is 12.2. The number of hydrogen-bond donors (Lipinski definition) is 1. The fourth-order valence-corrected chi connectivity index (χ4v) is 2.17. The molecule has 19 heavy (non-hydrogen) atoms. The predicted molar refractivity (Wildman–Crippen MR) is 73.4 cm³/mol. The summed E-state index contributed by atoms with van der Waals surface area (Å²) in [6, 6.07) is 6.75. The first kappa shape index (κ1) is 13.7. The van der Waals surface area contributed by atoms with Crippen LogP contribution < -0.4 is 5.32 Å². The van der Waals surface area contributed by atoms with Crippen LogP contribution in [0.5, 0.6) is 0 Å². The number of nitrogens with one attached hydrogen (secondary N) is 1. The third-order valence-electron chi connectivity index (χ3n) is 3.16. The number of rotatable bonds is 1. The van der Waals surface area contributed by atoms with Crippen LogP contribution in [-0.4, -0.2) is 55.0 Å². The van der Waals surface area contributed by atoms with Crippen molar-refractivity contribution >= 4 is 23.5 Å². The first-order chi connectivity index (χ1) is 9.11. The Hall–Kier alpha value is -1.75. The Morgan fingerprint density at radius 2 is 1.58 bits per heavy atom. The number of nitrogens with zero attached hydrogens (tertiary/aromatic N) is 2. The number of amides is 3. The van der Waals surface area contributed by atoms with Crippen molar-refractivity contribution in [2.45, 2.75) is 0 Å². The minimum Gasteiger partial charge on any atom is -0.341 e. The minimum atomic E-state index is -0.0985. The van der Waals surface area contributed by atoms with Crippen LogP contribution in [0.2, 0.25) is 5.02 Å². The van der Waals surface area contributed by atoms with Gasteiger partial charge in [0.25, 0.3) is 5.91 Å². The first-order valence-corrected chi connectivity index (χ1v) is 6.51. The lowest BCUT2D eigenvalue weighted by atomic mass is 10.2. The van der Waals surface area contributed by atoms with Gasteiger partial charge in [0, 0.05) is 43.8 Å². The van der Waals surface area contributed by atoms with E-state index < -0.39 is 0 Å². The van der Waals surface area contributed by atoms with Gasteiger partial charge >= 0.3 is 6.03 Å². The summed E-state index contributed by atoms with van der Waals surface area (Å²) in [4.78, 5) is 27.1. The molecule has 3 amide bonds. The summed E-state index contributed by atoms with van der Waals surface area (Å²) in [5.74, 6) is -0.0202. The van der Waals surface area contributed by atoms with Crippen molar-refractivity contribution in [3.8, 4) is 0 Å². The molecular weight excluding hydrogens is 266 g/mol. The lowest BCUT2D eigenvalue weighted by Gasteiger charge is -2.34. The second-order valence-corrected chi connectivity index (χ2v) is 4.78. The standard InChI is InChI=1S/C13H16ClN3O2/c1-15-13(19)17-8-6-16(7-9-17)12(18)10-2-4-11(14)5-3-10/h2-5H,6-9H2,1H3,(H,15,19). The quantitative estimate of drug-likeness (QED) is 0.847. The normalized spacial score (nSPS) is 15.3. The molecule has 1 aliphatic rings. The lowest BCUT2D eigenvalue weighted by Crippen LogP contribution is -2.52. The van der Waals surface area contributed by atoms with Crippen LogP contribution in [0, 0.1) is 0 Å². The molecule has 1 fully saturated rings. The summed E-state index contributed by atoms with van der Waals surface area (Å²) < 4.78 is 0. The molecule has 1 heterocycles. The molecule has 0 aliphatic carbocycles. The molecule has 1 aromatic carbocycles. The number of benzene rings is 1. The van der Waals surface area contributed by atoms with Crippen molar-refractivity contribution in [2.24, 2.45) is 0 Å². The molecule has 2 rings (SSSR count). The van der Waals surface area contributed by atoms with E-state index in [9.17, 15) is 9.59 Å². The number of urea groups is 1. The monoisotopic (exact) mass is 281 g/mol. The zero-order valence-electron chi connectivity index (χ0n) is 10.7. The highest BCUT2D eigenvalue weighted by Gasteiger charge is 2.24. The van der Waals surface area contributed by atoms with Crippen molar-refractivity contribution in [3.05, 3.63) is 34.9 Å². The highest BCUT2D eigenvalue weighted by Crippen LogP contribution is 2.13. The van der Waals surface area contributed by atoms with Gasteiger partial charge in [0.2, 0.25) is 0 Å². The van der Waals surface area contributed by atoms with Gasteiger partial charge in [-0.05, 0) is 24.3 Å². The Morgan fingerprint density at radius 3 is 2.11 bits per heavy atom. The van der Waals surface area contributed by atoms with Gasteiger partial charge in [-0.1, -0.05) is 11.6 Å². The van der Waals surface area contributed by atoms with Crippen LogP contribution in [0.3, 0.4) is 0 Å². The van der Waals surface area contributed by atoms with Gasteiger partial charge < -0.3 is 15.1 Å². The molecule has 0 bridgehead atoms. The van der Waals surface area contributed by atoms with Crippen LogP contribution in [0.1, 0.15) is 10.4 Å². The Kier molecular flexibility index (Phi) is 4.27. The Labute approximate surface area is 117 Å². The molecular formula is C13H16ClN3O2. The molecule has 6 heteroatoms. The average Bonchev–Trinajstić information content (AvgIpc) is 2.46. The molecule has 0 atom stereocenters. The smallest absolute Gasteiger partial charge is 0.317 e. The Balaban J connectivity index is 1.96. The summed E-state index contributed by atoms with van der Waals surface area (Å²) in [6.45, 7) is 2.21. The third kappa shape index (κ3) is 3.17. The van der Waals surface area contributed by atoms with Crippen molar-refractivity contribution in [1.82, 2.24) is 15.1 Å². The molecule has 0 radical (unpaired) electrons. The van der Waals surface area contributed by atoms with Gasteiger partial charge in [-0.25, -0.2) is 4.79 Å². The zero-order valence-corrected chi connectivity index (χ0v) is 11.5. The molecule has 0 aromatic heterocycles. The van der Waals surface area contributed by atoms with Gasteiger partial charge in [-0.15, -0.1) is 0 Å². The second kappa shape index (κ2) is 5.93.